The Balaban J connectivity index is 1.21. The molecule has 7 rings (SSSR count). The van der Waals surface area contributed by atoms with Crippen LogP contribution in [0.5, 0.6) is 23.3 Å². The Morgan fingerprint density at radius 3 is 2.54 bits per heavy atom. The normalized spacial score (nSPS) is 14.1. The molecule has 1 aliphatic rings. The second kappa shape index (κ2) is 8.98. The van der Waals surface area contributed by atoms with Gasteiger partial charge in [0.15, 0.2) is 11.5 Å². The molecule has 1 aliphatic heterocycles. The fourth-order valence-corrected chi connectivity index (χ4v) is 4.90. The minimum absolute atomic E-state index is 0.207. The molecular formula is C28H24N8O3. The van der Waals surface area contributed by atoms with Gasteiger partial charge in [-0.25, -0.2) is 14.5 Å². The molecule has 0 amide bonds. The van der Waals surface area contributed by atoms with Crippen LogP contribution in [0.4, 0.5) is 0 Å². The van der Waals surface area contributed by atoms with E-state index in [4.69, 9.17) is 24.3 Å². The Labute approximate surface area is 223 Å². The summed E-state index contributed by atoms with van der Waals surface area (Å²) in [6.07, 6.45) is 5.46. The van der Waals surface area contributed by atoms with Gasteiger partial charge in [0, 0.05) is 35.6 Å². The van der Waals surface area contributed by atoms with Crippen molar-refractivity contribution in [2.24, 2.45) is 7.05 Å². The van der Waals surface area contributed by atoms with Crippen LogP contribution < -0.4 is 14.2 Å². The van der Waals surface area contributed by atoms with Crippen molar-refractivity contribution in [2.75, 3.05) is 7.11 Å². The first-order valence-corrected chi connectivity index (χ1v) is 12.4. The van der Waals surface area contributed by atoms with E-state index in [9.17, 15) is 0 Å². The van der Waals surface area contributed by atoms with Crippen LogP contribution in [0.15, 0.2) is 67.3 Å². The molecule has 11 heteroatoms. The van der Waals surface area contributed by atoms with Gasteiger partial charge in [-0.15, -0.1) is 10.2 Å². The second-order valence-electron chi connectivity index (χ2n) is 9.38. The lowest BCUT2D eigenvalue weighted by atomic mass is 9.86. The maximum atomic E-state index is 6.09. The molecule has 0 spiro atoms. The molecular weight excluding hydrogens is 496 g/mol. The van der Waals surface area contributed by atoms with Crippen molar-refractivity contribution >= 4 is 5.65 Å². The molecule has 0 saturated carbocycles. The third-order valence-corrected chi connectivity index (χ3v) is 6.85. The number of H-pyrrole nitrogens is 1. The zero-order valence-electron chi connectivity index (χ0n) is 21.5. The average molecular weight is 521 g/mol. The average Bonchev–Trinajstić information content (AvgIpc) is 3.69. The molecule has 1 N–H and O–H groups in total. The van der Waals surface area contributed by atoms with Gasteiger partial charge in [-0.05, 0) is 36.8 Å². The predicted molar refractivity (Wildman–Crippen MR) is 141 cm³/mol. The maximum Gasteiger partial charge on any atom is 0.244 e. The fraction of sp³-hybridized carbons (Fsp3) is 0.179. The predicted octanol–water partition coefficient (Wildman–Crippen LogP) is 4.43. The summed E-state index contributed by atoms with van der Waals surface area (Å²) in [5.41, 5.74) is 6.26. The lowest BCUT2D eigenvalue weighted by Gasteiger charge is -2.24. The van der Waals surface area contributed by atoms with Gasteiger partial charge in [0.2, 0.25) is 11.8 Å². The first-order chi connectivity index (χ1) is 19.1. The smallest absolute Gasteiger partial charge is 0.244 e. The van der Waals surface area contributed by atoms with Gasteiger partial charge in [0.1, 0.15) is 24.4 Å². The summed E-state index contributed by atoms with van der Waals surface area (Å²) < 4.78 is 20.7. The number of methoxy groups -OCH3 is 1. The van der Waals surface area contributed by atoms with Crippen LogP contribution in [0.2, 0.25) is 0 Å². The number of nitrogens with one attached hydrogen (secondary N) is 1. The summed E-state index contributed by atoms with van der Waals surface area (Å²) >= 11 is 0. The number of hydrogen-bond donors (Lipinski definition) is 1. The van der Waals surface area contributed by atoms with Gasteiger partial charge < -0.3 is 14.2 Å². The van der Waals surface area contributed by atoms with Gasteiger partial charge in [0.05, 0.1) is 24.8 Å². The monoisotopic (exact) mass is 520 g/mol. The molecule has 5 heterocycles. The Bertz CT molecular complexity index is 1800. The number of aromatic amines is 1. The Morgan fingerprint density at radius 1 is 1.00 bits per heavy atom. The molecule has 0 bridgehead atoms. The van der Waals surface area contributed by atoms with Crippen molar-refractivity contribution < 1.29 is 14.2 Å². The van der Waals surface area contributed by atoms with Gasteiger partial charge in [-0.1, -0.05) is 24.3 Å². The second-order valence-corrected chi connectivity index (χ2v) is 9.38. The Kier molecular flexibility index (Phi) is 5.29. The van der Waals surface area contributed by atoms with E-state index >= 15 is 0 Å². The molecule has 0 unspecified atom stereocenters. The lowest BCUT2D eigenvalue weighted by molar-refractivity contribution is 0.305. The van der Waals surface area contributed by atoms with E-state index in [2.05, 4.69) is 20.3 Å². The number of nitrogens with zero attached hydrogens (tertiary/aromatic N) is 7. The Morgan fingerprint density at radius 2 is 1.79 bits per heavy atom. The number of rotatable bonds is 6. The number of aromatic nitrogens is 8. The number of hydrogen-bond acceptors (Lipinski definition) is 8. The van der Waals surface area contributed by atoms with Gasteiger partial charge in [0.25, 0.3) is 0 Å². The van der Waals surface area contributed by atoms with Crippen molar-refractivity contribution in [2.45, 2.75) is 19.4 Å². The van der Waals surface area contributed by atoms with Crippen LogP contribution in [-0.2, 0) is 13.7 Å². The van der Waals surface area contributed by atoms with Crippen molar-refractivity contribution in [3.63, 3.8) is 0 Å². The highest BCUT2D eigenvalue weighted by atomic mass is 16.5. The highest BCUT2D eigenvalue weighted by Gasteiger charge is 2.37. The summed E-state index contributed by atoms with van der Waals surface area (Å²) in [6.45, 7) is 2.42. The molecule has 0 radical (unpaired) electrons. The van der Waals surface area contributed by atoms with Crippen LogP contribution in [0.1, 0.15) is 33.9 Å². The quantitative estimate of drug-likeness (QED) is 0.342. The molecule has 0 saturated heterocycles. The standard InChI is InChI=1S/C28H24N8O3/c1-16-22-23(19-12-30-35(2)13-19)24-26-31-25(34-36(26)15-29-27(24)39-28(22)33-32-16)18-6-4-17(5-7-18)14-38-21-10-8-20(37-3)9-11-21/h4-13,15,23H,14H2,1-3H3,(H,32,33)/t23-/m0/s1. The van der Waals surface area contributed by atoms with Crippen LogP contribution in [0.25, 0.3) is 17.0 Å². The molecule has 2 aromatic carbocycles. The zero-order valence-corrected chi connectivity index (χ0v) is 21.5. The highest BCUT2D eigenvalue weighted by Crippen LogP contribution is 2.48. The van der Waals surface area contributed by atoms with E-state index in [0.717, 1.165) is 45.0 Å². The number of ether oxygens (including phenoxy) is 3. The van der Waals surface area contributed by atoms with Crippen LogP contribution in [0, 0.1) is 6.92 Å². The van der Waals surface area contributed by atoms with Crippen molar-refractivity contribution in [3.8, 4) is 34.6 Å². The third-order valence-electron chi connectivity index (χ3n) is 6.85. The SMILES string of the molecule is COc1ccc(OCc2ccc(-c3nc4c5c(ncn4n3)Oc3n[nH]c(C)c3[C@@H]5c3cnn(C)c3)cc2)cc1. The third kappa shape index (κ3) is 3.95. The molecule has 39 heavy (non-hydrogen) atoms. The number of fused-ring (bicyclic) bond motifs is 4. The van der Waals surface area contributed by atoms with Crippen LogP contribution in [-0.4, -0.2) is 46.7 Å². The number of aryl methyl sites for hydroxylation is 2. The molecule has 6 aromatic rings. The topological polar surface area (TPSA) is 117 Å². The van der Waals surface area contributed by atoms with Gasteiger partial charge >= 0.3 is 0 Å². The zero-order chi connectivity index (χ0) is 26.5. The summed E-state index contributed by atoms with van der Waals surface area (Å²) in [6, 6.07) is 15.5. The van der Waals surface area contributed by atoms with E-state index in [1.165, 1.54) is 0 Å². The maximum absolute atomic E-state index is 6.09. The highest BCUT2D eigenvalue weighted by molar-refractivity contribution is 5.68. The van der Waals surface area contributed by atoms with E-state index in [0.29, 0.717) is 29.8 Å². The molecule has 194 valence electrons. The largest absolute Gasteiger partial charge is 0.497 e. The summed E-state index contributed by atoms with van der Waals surface area (Å²) in [5.74, 6) is 2.93. The van der Waals surface area contributed by atoms with Gasteiger partial charge in [-0.3, -0.25) is 9.78 Å². The van der Waals surface area contributed by atoms with Crippen molar-refractivity contribution in [3.05, 3.63) is 95.2 Å². The lowest BCUT2D eigenvalue weighted by Crippen LogP contribution is -2.14. The van der Waals surface area contributed by atoms with Crippen molar-refractivity contribution in [1.29, 1.82) is 0 Å². The van der Waals surface area contributed by atoms with E-state index in [-0.39, 0.29) is 5.92 Å². The number of benzene rings is 2. The van der Waals surface area contributed by atoms with Crippen LogP contribution in [0.3, 0.4) is 0 Å². The summed E-state index contributed by atoms with van der Waals surface area (Å²) in [4.78, 5) is 9.49. The molecule has 1 atom stereocenters. The molecule has 11 nitrogen and oxygen atoms in total. The molecule has 0 fully saturated rings. The summed E-state index contributed by atoms with van der Waals surface area (Å²) in [7, 11) is 3.54. The minimum Gasteiger partial charge on any atom is -0.497 e. The molecule has 0 aliphatic carbocycles. The van der Waals surface area contributed by atoms with Crippen LogP contribution >= 0.6 is 0 Å². The van der Waals surface area contributed by atoms with E-state index in [1.54, 1.807) is 22.6 Å². The Hall–Kier alpha value is -5.19. The summed E-state index contributed by atoms with van der Waals surface area (Å²) in [5, 5.41) is 16.5. The first kappa shape index (κ1) is 23.0. The minimum atomic E-state index is -0.207. The van der Waals surface area contributed by atoms with Gasteiger partial charge in [-0.2, -0.15) is 5.10 Å². The van der Waals surface area contributed by atoms with E-state index < -0.39 is 0 Å². The van der Waals surface area contributed by atoms with E-state index in [1.807, 2.05) is 74.9 Å². The fourth-order valence-electron chi connectivity index (χ4n) is 4.90. The molecule has 4 aromatic heterocycles. The van der Waals surface area contributed by atoms with Crippen molar-refractivity contribution in [1.82, 2.24) is 39.6 Å². The first-order valence-electron chi connectivity index (χ1n) is 12.4.